The third kappa shape index (κ3) is 5.04. The molecule has 6 nitrogen and oxygen atoms in total. The zero-order valence-corrected chi connectivity index (χ0v) is 19.5. The van der Waals surface area contributed by atoms with Gasteiger partial charge in [-0.3, -0.25) is 9.78 Å². The Hall–Kier alpha value is -2.51. The first kappa shape index (κ1) is 23.6. The van der Waals surface area contributed by atoms with Crippen LogP contribution in [0.15, 0.2) is 54.7 Å². The van der Waals surface area contributed by atoms with Gasteiger partial charge in [0.1, 0.15) is 11.7 Å². The molecule has 1 saturated heterocycles. The smallest absolute Gasteiger partial charge is 0.209 e. The number of ether oxygens (including phenoxy) is 2. The van der Waals surface area contributed by atoms with Gasteiger partial charge in [-0.15, -0.1) is 0 Å². The molecule has 7 heteroatoms. The molecule has 4 rings (SSSR count). The number of pyridine rings is 1. The van der Waals surface area contributed by atoms with Gasteiger partial charge in [-0.05, 0) is 43.0 Å². The van der Waals surface area contributed by atoms with E-state index in [4.69, 9.17) is 21.1 Å². The lowest BCUT2D eigenvalue weighted by atomic mass is 9.79. The summed E-state index contributed by atoms with van der Waals surface area (Å²) in [4.78, 5) is 17.7. The molecule has 1 N–H and O–H groups in total. The molecule has 0 aliphatic carbocycles. The number of carbonyl (C=O) groups is 1. The van der Waals surface area contributed by atoms with Crippen LogP contribution < -0.4 is 0 Å². The number of hydrogen-bond acceptors (Lipinski definition) is 5. The van der Waals surface area contributed by atoms with Gasteiger partial charge in [0, 0.05) is 54.5 Å². The highest BCUT2D eigenvalue weighted by Gasteiger charge is 2.43. The molecule has 0 bridgehead atoms. The summed E-state index contributed by atoms with van der Waals surface area (Å²) in [6.45, 7) is 1.80. The first-order chi connectivity index (χ1) is 16.1. The van der Waals surface area contributed by atoms with Crippen LogP contribution in [-0.2, 0) is 19.9 Å². The molecule has 1 aliphatic rings. The van der Waals surface area contributed by atoms with Gasteiger partial charge >= 0.3 is 0 Å². The number of methoxy groups -OCH3 is 1. The maximum Gasteiger partial charge on any atom is 0.209 e. The molecule has 2 atom stereocenters. The fourth-order valence-electron chi connectivity index (χ4n) is 4.55. The van der Waals surface area contributed by atoms with Crippen molar-refractivity contribution >= 4 is 28.9 Å². The molecule has 2 aromatic carbocycles. The summed E-state index contributed by atoms with van der Waals surface area (Å²) in [6, 6.07) is 15.5. The van der Waals surface area contributed by atoms with Gasteiger partial charge < -0.3 is 19.5 Å². The molecule has 2 heterocycles. The third-order valence-corrected chi connectivity index (χ3v) is 6.61. The molecule has 0 radical (unpaired) electrons. The Labute approximate surface area is 199 Å². The Morgan fingerprint density at radius 2 is 2.12 bits per heavy atom. The van der Waals surface area contributed by atoms with Crippen molar-refractivity contribution in [2.24, 2.45) is 0 Å². The lowest BCUT2D eigenvalue weighted by molar-refractivity contribution is -0.158. The maximum atomic E-state index is 12.2. The van der Waals surface area contributed by atoms with E-state index in [0.29, 0.717) is 43.3 Å². The lowest BCUT2D eigenvalue weighted by Gasteiger charge is -2.42. The highest BCUT2D eigenvalue weighted by molar-refractivity contribution is 6.33. The summed E-state index contributed by atoms with van der Waals surface area (Å²) in [5.41, 5.74) is 1.79. The molecule has 1 amide bonds. The second-order valence-electron chi connectivity index (χ2n) is 8.41. The van der Waals surface area contributed by atoms with E-state index in [1.54, 1.807) is 18.2 Å². The number of aliphatic hydroxyl groups is 1. The van der Waals surface area contributed by atoms with Gasteiger partial charge in [0.05, 0.1) is 12.1 Å². The first-order valence-corrected chi connectivity index (χ1v) is 11.6. The molecule has 3 aromatic rings. The predicted octanol–water partition coefficient (Wildman–Crippen LogP) is 4.42. The van der Waals surface area contributed by atoms with Crippen LogP contribution in [0, 0.1) is 0 Å². The number of nitrogens with zero attached hydrogens (tertiary/aromatic N) is 2. The number of rotatable bonds is 9. The van der Waals surface area contributed by atoms with Crippen LogP contribution in [0.1, 0.15) is 24.8 Å². The Kier molecular flexibility index (Phi) is 7.60. The summed E-state index contributed by atoms with van der Waals surface area (Å²) >= 11 is 6.73. The van der Waals surface area contributed by atoms with E-state index in [2.05, 4.69) is 4.98 Å². The lowest BCUT2D eigenvalue weighted by Crippen LogP contribution is -2.52. The number of para-hydroxylation sites is 1. The summed E-state index contributed by atoms with van der Waals surface area (Å²) in [6.07, 6.45) is 4.00. The van der Waals surface area contributed by atoms with Gasteiger partial charge in [-0.1, -0.05) is 41.9 Å². The summed E-state index contributed by atoms with van der Waals surface area (Å²) < 4.78 is 11.2. The largest absolute Gasteiger partial charge is 0.385 e. The zero-order valence-electron chi connectivity index (χ0n) is 18.7. The van der Waals surface area contributed by atoms with Crippen LogP contribution in [0.2, 0.25) is 5.02 Å². The quantitative estimate of drug-likeness (QED) is 0.372. The minimum Gasteiger partial charge on any atom is -0.385 e. The van der Waals surface area contributed by atoms with E-state index in [9.17, 15) is 9.90 Å². The van der Waals surface area contributed by atoms with Crippen LogP contribution >= 0.6 is 11.6 Å². The molecule has 174 valence electrons. The second-order valence-corrected chi connectivity index (χ2v) is 8.82. The number of hydrogen-bond donors (Lipinski definition) is 1. The fourth-order valence-corrected chi connectivity index (χ4v) is 4.83. The van der Waals surface area contributed by atoms with Crippen molar-refractivity contribution in [1.29, 1.82) is 0 Å². The number of aromatic nitrogens is 1. The molecule has 1 aliphatic heterocycles. The minimum atomic E-state index is -1.35. The van der Waals surface area contributed by atoms with E-state index in [1.807, 2.05) is 48.5 Å². The highest BCUT2D eigenvalue weighted by atomic mass is 35.5. The zero-order chi connectivity index (χ0) is 23.3. The molecule has 1 aromatic heterocycles. The minimum absolute atomic E-state index is 0.312. The Balaban J connectivity index is 1.80. The average Bonchev–Trinajstić information content (AvgIpc) is 2.86. The number of unbranched alkanes of at least 4 members (excludes halogenated alkanes) is 1. The molecular formula is C26H29ClN2O4. The topological polar surface area (TPSA) is 71.9 Å². The van der Waals surface area contributed by atoms with E-state index in [1.165, 1.54) is 0 Å². The van der Waals surface area contributed by atoms with Crippen molar-refractivity contribution in [1.82, 2.24) is 9.88 Å². The van der Waals surface area contributed by atoms with Crippen molar-refractivity contribution in [2.75, 3.05) is 33.4 Å². The number of amides is 1. The molecule has 0 unspecified atom stereocenters. The van der Waals surface area contributed by atoms with Crippen molar-refractivity contribution in [3.8, 4) is 11.1 Å². The summed E-state index contributed by atoms with van der Waals surface area (Å²) in [5.74, 6) is 0. The number of morpholine rings is 1. The van der Waals surface area contributed by atoms with Crippen LogP contribution in [0.25, 0.3) is 22.0 Å². The molecule has 0 saturated carbocycles. The second kappa shape index (κ2) is 10.6. The van der Waals surface area contributed by atoms with E-state index >= 15 is 0 Å². The van der Waals surface area contributed by atoms with Crippen molar-refractivity contribution in [3.05, 3.63) is 65.3 Å². The van der Waals surface area contributed by atoms with Crippen molar-refractivity contribution in [2.45, 2.75) is 31.0 Å². The van der Waals surface area contributed by atoms with Crippen molar-refractivity contribution in [3.63, 3.8) is 0 Å². The van der Waals surface area contributed by atoms with E-state index in [-0.39, 0.29) is 0 Å². The van der Waals surface area contributed by atoms with Gasteiger partial charge in [-0.2, -0.15) is 0 Å². The fraction of sp³-hybridized carbons (Fsp3) is 0.385. The van der Waals surface area contributed by atoms with Crippen LogP contribution in [0.4, 0.5) is 0 Å². The first-order valence-electron chi connectivity index (χ1n) is 11.2. The number of fused-ring (bicyclic) bond motifs is 1. The third-order valence-electron chi connectivity index (χ3n) is 6.30. The van der Waals surface area contributed by atoms with Crippen LogP contribution in [0.5, 0.6) is 0 Å². The normalized spacial score (nSPS) is 18.3. The Morgan fingerprint density at radius 1 is 1.27 bits per heavy atom. The SMILES string of the molecule is COCCCC[C@@](O)(c1cccc(Cl)c1-c1cnc2ccccc2c1)[C@H]1CN(C=O)CCO1. The van der Waals surface area contributed by atoms with Gasteiger partial charge in [0.2, 0.25) is 6.41 Å². The van der Waals surface area contributed by atoms with Crippen LogP contribution in [0.3, 0.4) is 0 Å². The van der Waals surface area contributed by atoms with Crippen molar-refractivity contribution < 1.29 is 19.4 Å². The average molecular weight is 469 g/mol. The maximum absolute atomic E-state index is 12.2. The van der Waals surface area contributed by atoms with Gasteiger partial charge in [0.15, 0.2) is 0 Å². The highest BCUT2D eigenvalue weighted by Crippen LogP contribution is 2.43. The Morgan fingerprint density at radius 3 is 2.94 bits per heavy atom. The van der Waals surface area contributed by atoms with Crippen LogP contribution in [-0.4, -0.2) is 60.9 Å². The van der Waals surface area contributed by atoms with E-state index in [0.717, 1.165) is 41.3 Å². The monoisotopic (exact) mass is 468 g/mol. The number of benzene rings is 2. The molecule has 1 fully saturated rings. The van der Waals surface area contributed by atoms with Gasteiger partial charge in [0.25, 0.3) is 0 Å². The Bertz CT molecular complexity index is 1110. The number of halogens is 1. The van der Waals surface area contributed by atoms with E-state index < -0.39 is 11.7 Å². The predicted molar refractivity (Wildman–Crippen MR) is 129 cm³/mol. The standard InChI is InChI=1S/C26H29ClN2O4/c1-32-13-5-4-11-26(31,24-17-29(18-30)12-14-33-24)21-8-6-9-22(27)25(21)20-15-19-7-2-3-10-23(19)28-16-20/h2-3,6-10,15-16,18,24,31H,4-5,11-14,17H2,1H3/t24-,26-/m1/s1. The van der Waals surface area contributed by atoms with Gasteiger partial charge in [-0.25, -0.2) is 0 Å². The molecule has 0 spiro atoms. The number of carbonyl (C=O) groups excluding carboxylic acids is 1. The molecule has 33 heavy (non-hydrogen) atoms. The summed E-state index contributed by atoms with van der Waals surface area (Å²) in [7, 11) is 1.67. The summed E-state index contributed by atoms with van der Waals surface area (Å²) in [5, 5.41) is 13.7. The molecular weight excluding hydrogens is 440 g/mol.